The van der Waals surface area contributed by atoms with Crippen LogP contribution in [0.25, 0.3) is 10.9 Å². The van der Waals surface area contributed by atoms with Gasteiger partial charge in [0.15, 0.2) is 0 Å². The summed E-state index contributed by atoms with van der Waals surface area (Å²) < 4.78 is 5.40. The van der Waals surface area contributed by atoms with Gasteiger partial charge in [-0.2, -0.15) is 0 Å². The fourth-order valence-electron chi connectivity index (χ4n) is 4.09. The Hall–Kier alpha value is -3.28. The van der Waals surface area contributed by atoms with Gasteiger partial charge in [0.05, 0.1) is 13.0 Å². The number of nitrogens with zero attached hydrogens (tertiary/aromatic N) is 1. The minimum atomic E-state index is -0.198. The molecule has 0 bridgehead atoms. The molecule has 1 aromatic heterocycles. The molecule has 1 fully saturated rings. The number of aryl methyl sites for hydroxylation is 1. The number of carbonyl (C=O) groups excluding carboxylic acids is 2. The number of piperidine rings is 1. The van der Waals surface area contributed by atoms with Crippen LogP contribution in [-0.2, 0) is 22.7 Å². The van der Waals surface area contributed by atoms with E-state index in [1.54, 1.807) is 12.0 Å². The Balaban J connectivity index is 1.38. The highest BCUT2D eigenvalue weighted by Crippen LogP contribution is 2.24. The standard InChI is InChI=1S/C24H27N3O3/c1-16-11-20-12-17(7-9-21(20)26-16)13-25-24(29)19-8-10-23(28)27(15-19)14-18-5-3-4-6-22(18)30-2/h3-7,9,11-12,19,26H,8,10,13-15H2,1-2H3,(H,25,29)/t19-/m1/s1. The molecule has 2 amide bonds. The number of carbonyl (C=O) groups is 2. The van der Waals surface area contributed by atoms with E-state index in [-0.39, 0.29) is 17.7 Å². The lowest BCUT2D eigenvalue weighted by atomic mass is 9.96. The van der Waals surface area contributed by atoms with Crippen molar-refractivity contribution in [2.45, 2.75) is 32.9 Å². The Morgan fingerprint density at radius 2 is 2.07 bits per heavy atom. The lowest BCUT2D eigenvalue weighted by Gasteiger charge is -2.32. The van der Waals surface area contributed by atoms with Crippen molar-refractivity contribution in [2.75, 3.05) is 13.7 Å². The van der Waals surface area contributed by atoms with E-state index < -0.39 is 0 Å². The summed E-state index contributed by atoms with van der Waals surface area (Å²) in [4.78, 5) is 30.3. The molecule has 2 heterocycles. The molecule has 0 spiro atoms. The monoisotopic (exact) mass is 405 g/mol. The van der Waals surface area contributed by atoms with Crippen LogP contribution < -0.4 is 10.1 Å². The van der Waals surface area contributed by atoms with E-state index in [4.69, 9.17) is 4.74 Å². The lowest BCUT2D eigenvalue weighted by molar-refractivity contribution is -0.139. The summed E-state index contributed by atoms with van der Waals surface area (Å²) >= 11 is 0. The number of aromatic nitrogens is 1. The zero-order valence-electron chi connectivity index (χ0n) is 17.4. The van der Waals surface area contributed by atoms with Gasteiger partial charge in [0, 0.05) is 42.8 Å². The second-order valence-electron chi connectivity index (χ2n) is 7.91. The molecule has 0 saturated carbocycles. The van der Waals surface area contributed by atoms with Crippen molar-refractivity contribution < 1.29 is 14.3 Å². The Morgan fingerprint density at radius 1 is 1.23 bits per heavy atom. The fourth-order valence-corrected chi connectivity index (χ4v) is 4.09. The predicted molar refractivity (Wildman–Crippen MR) is 116 cm³/mol. The van der Waals surface area contributed by atoms with E-state index in [0.29, 0.717) is 32.5 Å². The number of para-hydroxylation sites is 1. The van der Waals surface area contributed by atoms with Crippen molar-refractivity contribution in [2.24, 2.45) is 5.92 Å². The number of ether oxygens (including phenoxy) is 1. The minimum absolute atomic E-state index is 0.00197. The normalized spacial score (nSPS) is 16.7. The number of rotatable bonds is 6. The number of methoxy groups -OCH3 is 1. The molecule has 0 unspecified atom stereocenters. The Labute approximate surface area is 176 Å². The molecule has 2 aromatic carbocycles. The van der Waals surface area contributed by atoms with Gasteiger partial charge in [-0.25, -0.2) is 0 Å². The van der Waals surface area contributed by atoms with Gasteiger partial charge in [-0.05, 0) is 48.6 Å². The van der Waals surface area contributed by atoms with Gasteiger partial charge >= 0.3 is 0 Å². The zero-order chi connectivity index (χ0) is 21.1. The second kappa shape index (κ2) is 8.61. The number of hydrogen-bond acceptors (Lipinski definition) is 3. The van der Waals surface area contributed by atoms with Crippen molar-refractivity contribution in [3.8, 4) is 5.75 Å². The summed E-state index contributed by atoms with van der Waals surface area (Å²) in [5.41, 5.74) is 4.23. The Bertz CT molecular complexity index is 1070. The molecule has 1 aliphatic heterocycles. The number of likely N-dealkylation sites (tertiary alicyclic amines) is 1. The van der Waals surface area contributed by atoms with Crippen LogP contribution >= 0.6 is 0 Å². The van der Waals surface area contributed by atoms with Crippen molar-refractivity contribution in [3.05, 3.63) is 65.4 Å². The molecular formula is C24H27N3O3. The van der Waals surface area contributed by atoms with Gasteiger partial charge in [0.1, 0.15) is 5.75 Å². The molecule has 30 heavy (non-hydrogen) atoms. The first-order valence-corrected chi connectivity index (χ1v) is 10.3. The lowest BCUT2D eigenvalue weighted by Crippen LogP contribution is -2.45. The van der Waals surface area contributed by atoms with Crippen LogP contribution in [0.2, 0.25) is 0 Å². The average molecular weight is 405 g/mol. The minimum Gasteiger partial charge on any atom is -0.496 e. The van der Waals surface area contributed by atoms with Gasteiger partial charge in [-0.3, -0.25) is 9.59 Å². The van der Waals surface area contributed by atoms with Crippen LogP contribution in [0, 0.1) is 12.8 Å². The summed E-state index contributed by atoms with van der Waals surface area (Å²) in [6.45, 7) is 3.40. The Kier molecular flexibility index (Phi) is 5.74. The number of fused-ring (bicyclic) bond motifs is 1. The third kappa shape index (κ3) is 4.32. The van der Waals surface area contributed by atoms with Crippen LogP contribution in [0.4, 0.5) is 0 Å². The molecule has 0 radical (unpaired) electrons. The number of nitrogens with one attached hydrogen (secondary N) is 2. The average Bonchev–Trinajstić information content (AvgIpc) is 3.13. The molecule has 1 atom stereocenters. The highest BCUT2D eigenvalue weighted by molar-refractivity contribution is 5.84. The van der Waals surface area contributed by atoms with E-state index in [1.807, 2.05) is 43.3 Å². The SMILES string of the molecule is COc1ccccc1CN1C[C@H](C(=O)NCc2ccc3[nH]c(C)cc3c2)CCC1=O. The highest BCUT2D eigenvalue weighted by Gasteiger charge is 2.30. The Morgan fingerprint density at radius 3 is 2.90 bits per heavy atom. The first-order chi connectivity index (χ1) is 14.5. The van der Waals surface area contributed by atoms with Crippen molar-refractivity contribution in [1.82, 2.24) is 15.2 Å². The zero-order valence-corrected chi connectivity index (χ0v) is 17.4. The number of H-pyrrole nitrogens is 1. The number of benzene rings is 2. The van der Waals surface area contributed by atoms with Gasteiger partial charge in [0.25, 0.3) is 0 Å². The van der Waals surface area contributed by atoms with E-state index >= 15 is 0 Å². The quantitative estimate of drug-likeness (QED) is 0.659. The summed E-state index contributed by atoms with van der Waals surface area (Å²) in [6.07, 6.45) is 0.977. The van der Waals surface area contributed by atoms with Crippen LogP contribution in [-0.4, -0.2) is 35.4 Å². The van der Waals surface area contributed by atoms with Gasteiger partial charge in [-0.1, -0.05) is 24.3 Å². The second-order valence-corrected chi connectivity index (χ2v) is 7.91. The smallest absolute Gasteiger partial charge is 0.225 e. The molecule has 1 saturated heterocycles. The topological polar surface area (TPSA) is 74.4 Å². The fraction of sp³-hybridized carbons (Fsp3) is 0.333. The number of hydrogen-bond donors (Lipinski definition) is 2. The highest BCUT2D eigenvalue weighted by atomic mass is 16.5. The van der Waals surface area contributed by atoms with Crippen molar-refractivity contribution >= 4 is 22.7 Å². The molecule has 6 nitrogen and oxygen atoms in total. The molecule has 2 N–H and O–H groups in total. The summed E-state index contributed by atoms with van der Waals surface area (Å²) in [7, 11) is 1.62. The van der Waals surface area contributed by atoms with E-state index in [9.17, 15) is 9.59 Å². The largest absolute Gasteiger partial charge is 0.496 e. The predicted octanol–water partition coefficient (Wildman–Crippen LogP) is 3.54. The number of amides is 2. The molecule has 0 aliphatic carbocycles. The first-order valence-electron chi connectivity index (χ1n) is 10.3. The van der Waals surface area contributed by atoms with Crippen molar-refractivity contribution in [1.29, 1.82) is 0 Å². The maximum Gasteiger partial charge on any atom is 0.225 e. The third-order valence-corrected chi connectivity index (χ3v) is 5.71. The van der Waals surface area contributed by atoms with E-state index in [1.165, 1.54) is 0 Å². The molecule has 3 aromatic rings. The van der Waals surface area contributed by atoms with E-state index in [0.717, 1.165) is 33.5 Å². The maximum absolute atomic E-state index is 12.8. The summed E-state index contributed by atoms with van der Waals surface area (Å²) in [6, 6.07) is 15.9. The molecular weight excluding hydrogens is 378 g/mol. The molecule has 6 heteroatoms. The van der Waals surface area contributed by atoms with Crippen LogP contribution in [0.1, 0.15) is 29.7 Å². The van der Waals surface area contributed by atoms with E-state index in [2.05, 4.69) is 22.4 Å². The number of aromatic amines is 1. The molecule has 4 rings (SSSR count). The molecule has 1 aliphatic rings. The molecule has 156 valence electrons. The van der Waals surface area contributed by atoms with Crippen molar-refractivity contribution in [3.63, 3.8) is 0 Å². The van der Waals surface area contributed by atoms with Crippen LogP contribution in [0.15, 0.2) is 48.5 Å². The van der Waals surface area contributed by atoms with Gasteiger partial charge in [-0.15, -0.1) is 0 Å². The maximum atomic E-state index is 12.8. The van der Waals surface area contributed by atoms with Gasteiger partial charge < -0.3 is 19.9 Å². The first kappa shape index (κ1) is 20.0. The van der Waals surface area contributed by atoms with Crippen LogP contribution in [0.3, 0.4) is 0 Å². The third-order valence-electron chi connectivity index (χ3n) is 5.71. The van der Waals surface area contributed by atoms with Crippen LogP contribution in [0.5, 0.6) is 5.75 Å². The summed E-state index contributed by atoms with van der Waals surface area (Å²) in [5, 5.41) is 4.19. The summed E-state index contributed by atoms with van der Waals surface area (Å²) in [5.74, 6) is 0.638. The van der Waals surface area contributed by atoms with Gasteiger partial charge in [0.2, 0.25) is 11.8 Å².